The lowest BCUT2D eigenvalue weighted by molar-refractivity contribution is 0.101. The summed E-state index contributed by atoms with van der Waals surface area (Å²) in [6.07, 6.45) is 1.43. The van der Waals surface area contributed by atoms with Gasteiger partial charge in [0.25, 0.3) is 5.91 Å². The first-order chi connectivity index (χ1) is 9.02. The maximum Gasteiger partial charge on any atom is 0.276 e. The van der Waals surface area contributed by atoms with Crippen LogP contribution in [0.1, 0.15) is 17.4 Å². The number of hydrogen-bond donors (Lipinski definition) is 2. The predicted octanol–water partition coefficient (Wildman–Crippen LogP) is 2.64. The fraction of sp³-hybridized carbons (Fsp3) is 0.167. The SMILES string of the molecule is CCn1ncc(N)c1C(=O)Nc1ccc(F)c(Br)c1. The summed E-state index contributed by atoms with van der Waals surface area (Å²) in [5, 5.41) is 6.64. The maximum absolute atomic E-state index is 13.1. The van der Waals surface area contributed by atoms with Gasteiger partial charge in [0.1, 0.15) is 11.5 Å². The summed E-state index contributed by atoms with van der Waals surface area (Å²) in [5.41, 5.74) is 6.79. The van der Waals surface area contributed by atoms with Crippen molar-refractivity contribution < 1.29 is 9.18 Å². The Labute approximate surface area is 117 Å². The van der Waals surface area contributed by atoms with Gasteiger partial charge < -0.3 is 11.1 Å². The number of nitrogens with zero attached hydrogens (tertiary/aromatic N) is 2. The van der Waals surface area contributed by atoms with Crippen LogP contribution in [-0.2, 0) is 6.54 Å². The van der Waals surface area contributed by atoms with Gasteiger partial charge in [0.05, 0.1) is 16.4 Å². The first-order valence-corrected chi connectivity index (χ1v) is 6.40. The molecule has 1 heterocycles. The van der Waals surface area contributed by atoms with Gasteiger partial charge in [-0.05, 0) is 41.1 Å². The monoisotopic (exact) mass is 326 g/mol. The van der Waals surface area contributed by atoms with Crippen molar-refractivity contribution >= 4 is 33.2 Å². The summed E-state index contributed by atoms with van der Waals surface area (Å²) < 4.78 is 14.9. The number of aromatic nitrogens is 2. The number of nitrogens with two attached hydrogens (primary N) is 1. The largest absolute Gasteiger partial charge is 0.396 e. The number of benzene rings is 1. The maximum atomic E-state index is 13.1. The number of carbonyl (C=O) groups is 1. The highest BCUT2D eigenvalue weighted by Gasteiger charge is 2.16. The van der Waals surface area contributed by atoms with Gasteiger partial charge in [-0.3, -0.25) is 9.48 Å². The molecule has 0 aliphatic heterocycles. The average molecular weight is 327 g/mol. The Morgan fingerprint density at radius 1 is 1.58 bits per heavy atom. The van der Waals surface area contributed by atoms with E-state index in [4.69, 9.17) is 5.73 Å². The van der Waals surface area contributed by atoms with Crippen LogP contribution in [0.3, 0.4) is 0 Å². The van der Waals surface area contributed by atoms with Crippen LogP contribution in [-0.4, -0.2) is 15.7 Å². The number of nitrogen functional groups attached to an aromatic ring is 1. The summed E-state index contributed by atoms with van der Waals surface area (Å²) in [5.74, 6) is -0.772. The molecule has 0 atom stereocenters. The molecule has 0 bridgehead atoms. The van der Waals surface area contributed by atoms with Gasteiger partial charge in [0.2, 0.25) is 0 Å². The number of hydrogen-bond acceptors (Lipinski definition) is 3. The smallest absolute Gasteiger partial charge is 0.276 e. The number of halogens is 2. The first kappa shape index (κ1) is 13.5. The molecule has 1 amide bonds. The zero-order valence-electron chi connectivity index (χ0n) is 10.2. The van der Waals surface area contributed by atoms with Gasteiger partial charge in [0, 0.05) is 12.2 Å². The van der Waals surface area contributed by atoms with E-state index in [9.17, 15) is 9.18 Å². The van der Waals surface area contributed by atoms with E-state index in [1.807, 2.05) is 6.92 Å². The average Bonchev–Trinajstić information content (AvgIpc) is 2.75. The third kappa shape index (κ3) is 2.76. The molecule has 100 valence electrons. The molecule has 0 spiro atoms. The van der Waals surface area contributed by atoms with E-state index < -0.39 is 5.82 Å². The molecular formula is C12H12BrFN4O. The quantitative estimate of drug-likeness (QED) is 0.910. The zero-order valence-corrected chi connectivity index (χ0v) is 11.7. The number of amides is 1. The first-order valence-electron chi connectivity index (χ1n) is 5.60. The van der Waals surface area contributed by atoms with Gasteiger partial charge in [-0.25, -0.2) is 4.39 Å². The van der Waals surface area contributed by atoms with Gasteiger partial charge in [0.15, 0.2) is 0 Å². The van der Waals surface area contributed by atoms with Crippen LogP contribution in [0.2, 0.25) is 0 Å². The van der Waals surface area contributed by atoms with Gasteiger partial charge in [-0.1, -0.05) is 0 Å². The number of aryl methyl sites for hydroxylation is 1. The molecule has 0 aliphatic carbocycles. The predicted molar refractivity (Wildman–Crippen MR) is 74.4 cm³/mol. The van der Waals surface area contributed by atoms with Gasteiger partial charge in [-0.15, -0.1) is 0 Å². The standard InChI is InChI=1S/C12H12BrFN4O/c1-2-18-11(10(15)6-16-18)12(19)17-7-3-4-9(14)8(13)5-7/h3-6H,2,15H2,1H3,(H,17,19). The molecule has 0 radical (unpaired) electrons. The van der Waals surface area contributed by atoms with E-state index in [1.54, 1.807) is 0 Å². The van der Waals surface area contributed by atoms with E-state index in [2.05, 4.69) is 26.3 Å². The van der Waals surface area contributed by atoms with Crippen molar-refractivity contribution in [1.29, 1.82) is 0 Å². The highest BCUT2D eigenvalue weighted by atomic mass is 79.9. The van der Waals surface area contributed by atoms with Gasteiger partial charge >= 0.3 is 0 Å². The van der Waals surface area contributed by atoms with Crippen LogP contribution >= 0.6 is 15.9 Å². The van der Waals surface area contributed by atoms with Crippen LogP contribution in [0.15, 0.2) is 28.9 Å². The topological polar surface area (TPSA) is 72.9 Å². The summed E-state index contributed by atoms with van der Waals surface area (Å²) in [6.45, 7) is 2.39. The summed E-state index contributed by atoms with van der Waals surface area (Å²) >= 11 is 3.06. The van der Waals surface area contributed by atoms with E-state index in [0.717, 1.165) is 0 Å². The molecule has 1 aromatic carbocycles. The molecule has 2 rings (SSSR count). The van der Waals surface area contributed by atoms with Crippen LogP contribution in [0, 0.1) is 5.82 Å². The Kier molecular flexibility index (Phi) is 3.84. The second kappa shape index (κ2) is 5.40. The molecule has 0 saturated carbocycles. The molecule has 0 unspecified atom stereocenters. The Hall–Kier alpha value is -1.89. The van der Waals surface area contributed by atoms with E-state index >= 15 is 0 Å². The van der Waals surface area contributed by atoms with Crippen molar-refractivity contribution in [3.05, 3.63) is 40.4 Å². The molecule has 0 aliphatic rings. The van der Waals surface area contributed by atoms with Crippen molar-refractivity contribution in [3.63, 3.8) is 0 Å². The lowest BCUT2D eigenvalue weighted by atomic mass is 10.3. The third-order valence-corrected chi connectivity index (χ3v) is 3.17. The van der Waals surface area contributed by atoms with Crippen molar-refractivity contribution in [2.45, 2.75) is 13.5 Å². The van der Waals surface area contributed by atoms with Gasteiger partial charge in [-0.2, -0.15) is 5.10 Å². The molecule has 1 aromatic heterocycles. The fourth-order valence-corrected chi connectivity index (χ4v) is 2.03. The Morgan fingerprint density at radius 3 is 2.95 bits per heavy atom. The second-order valence-electron chi connectivity index (χ2n) is 3.85. The molecule has 7 heteroatoms. The second-order valence-corrected chi connectivity index (χ2v) is 4.70. The van der Waals surface area contributed by atoms with Crippen LogP contribution in [0.4, 0.5) is 15.8 Å². The minimum absolute atomic E-state index is 0.280. The Bertz CT molecular complexity index is 626. The Morgan fingerprint density at radius 2 is 2.32 bits per heavy atom. The lowest BCUT2D eigenvalue weighted by Gasteiger charge is -2.08. The molecule has 19 heavy (non-hydrogen) atoms. The molecular weight excluding hydrogens is 315 g/mol. The number of rotatable bonds is 3. The minimum atomic E-state index is -0.392. The van der Waals surface area contributed by atoms with E-state index in [0.29, 0.717) is 23.6 Å². The van der Waals surface area contributed by atoms with Crippen molar-refractivity contribution in [2.75, 3.05) is 11.1 Å². The molecule has 0 fully saturated rings. The van der Waals surface area contributed by atoms with E-state index in [-0.39, 0.29) is 10.4 Å². The van der Waals surface area contributed by atoms with Crippen LogP contribution < -0.4 is 11.1 Å². The molecule has 3 N–H and O–H groups in total. The lowest BCUT2D eigenvalue weighted by Crippen LogP contribution is -2.18. The third-order valence-electron chi connectivity index (χ3n) is 2.56. The molecule has 0 saturated heterocycles. The van der Waals surface area contributed by atoms with Crippen molar-refractivity contribution in [3.8, 4) is 0 Å². The van der Waals surface area contributed by atoms with Crippen LogP contribution in [0.25, 0.3) is 0 Å². The molecule has 5 nitrogen and oxygen atoms in total. The highest BCUT2D eigenvalue weighted by molar-refractivity contribution is 9.10. The van der Waals surface area contributed by atoms with Crippen LogP contribution in [0.5, 0.6) is 0 Å². The van der Waals surface area contributed by atoms with E-state index in [1.165, 1.54) is 29.1 Å². The summed E-state index contributed by atoms with van der Waals surface area (Å²) in [7, 11) is 0. The van der Waals surface area contributed by atoms with Crippen molar-refractivity contribution in [1.82, 2.24) is 9.78 Å². The van der Waals surface area contributed by atoms with Crippen molar-refractivity contribution in [2.24, 2.45) is 0 Å². The molecule has 2 aromatic rings. The Balaban J connectivity index is 2.25. The number of carbonyl (C=O) groups excluding carboxylic acids is 1. The zero-order chi connectivity index (χ0) is 14.0. The fourth-order valence-electron chi connectivity index (χ4n) is 1.65. The summed E-state index contributed by atoms with van der Waals surface area (Å²) in [6, 6.07) is 4.22. The minimum Gasteiger partial charge on any atom is -0.396 e. The number of nitrogens with one attached hydrogen (secondary N) is 1. The summed E-state index contributed by atoms with van der Waals surface area (Å²) in [4.78, 5) is 12.1. The normalized spacial score (nSPS) is 10.5. The highest BCUT2D eigenvalue weighted by Crippen LogP contribution is 2.21. The number of anilines is 2.